The zero-order chi connectivity index (χ0) is 11.1. The molecule has 0 aromatic heterocycles. The van der Waals surface area contributed by atoms with Crippen molar-refractivity contribution in [2.75, 3.05) is 0 Å². The number of nitrogens with zero attached hydrogens (tertiary/aromatic N) is 1. The zero-order valence-electron chi connectivity index (χ0n) is 8.50. The van der Waals surface area contributed by atoms with Gasteiger partial charge in [0.05, 0.1) is 11.6 Å². The van der Waals surface area contributed by atoms with Crippen LogP contribution in [-0.2, 0) is 6.42 Å². The molecule has 1 nitrogen and oxygen atoms in total. The van der Waals surface area contributed by atoms with Crippen LogP contribution in [0.5, 0.6) is 0 Å². The van der Waals surface area contributed by atoms with Crippen LogP contribution in [0.4, 0.5) is 0 Å². The van der Waals surface area contributed by atoms with Crippen LogP contribution in [0, 0.1) is 11.3 Å². The van der Waals surface area contributed by atoms with Gasteiger partial charge in [0.25, 0.3) is 0 Å². The molecule has 76 valence electrons. The summed E-state index contributed by atoms with van der Waals surface area (Å²) in [5, 5.41) is 8.97. The third kappa shape index (κ3) is 1.29. The van der Waals surface area contributed by atoms with Gasteiger partial charge in [-0.05, 0) is 40.8 Å². The van der Waals surface area contributed by atoms with E-state index in [1.54, 1.807) is 0 Å². The Morgan fingerprint density at radius 1 is 1.12 bits per heavy atom. The monoisotopic (exact) mass is 269 g/mol. The summed E-state index contributed by atoms with van der Waals surface area (Å²) >= 11 is 3.55. The molecule has 0 fully saturated rings. The van der Waals surface area contributed by atoms with Gasteiger partial charge in [-0.15, -0.1) is 0 Å². The fraction of sp³-hybridized carbons (Fsp3) is 0.0714. The molecule has 0 saturated heterocycles. The molecule has 0 N–H and O–H groups in total. The fourth-order valence-electron chi connectivity index (χ4n) is 2.25. The van der Waals surface area contributed by atoms with Crippen LogP contribution >= 0.6 is 15.9 Å². The molecular formula is C14H8BrN. The van der Waals surface area contributed by atoms with Crippen molar-refractivity contribution in [1.29, 1.82) is 5.26 Å². The maximum absolute atomic E-state index is 8.97. The molecule has 0 saturated carbocycles. The summed E-state index contributed by atoms with van der Waals surface area (Å²) in [6.45, 7) is 0. The second-order valence-electron chi connectivity index (χ2n) is 3.93. The first-order valence-corrected chi connectivity index (χ1v) is 5.89. The van der Waals surface area contributed by atoms with E-state index in [2.05, 4.69) is 40.2 Å². The quantitative estimate of drug-likeness (QED) is 0.608. The van der Waals surface area contributed by atoms with Crippen molar-refractivity contribution < 1.29 is 0 Å². The van der Waals surface area contributed by atoms with E-state index in [1.807, 2.05) is 18.2 Å². The molecule has 16 heavy (non-hydrogen) atoms. The van der Waals surface area contributed by atoms with Crippen molar-refractivity contribution in [3.8, 4) is 17.2 Å². The van der Waals surface area contributed by atoms with Crippen molar-refractivity contribution >= 4 is 15.9 Å². The van der Waals surface area contributed by atoms with E-state index < -0.39 is 0 Å². The highest BCUT2D eigenvalue weighted by atomic mass is 79.9. The standard InChI is InChI=1S/C14H8BrN/c15-14-6-9(8-16)5-12-11-4-2-1-3-10(11)7-13(12)14/h1-6H,7H2. The lowest BCUT2D eigenvalue weighted by Gasteiger charge is -2.03. The highest BCUT2D eigenvalue weighted by Crippen LogP contribution is 2.40. The van der Waals surface area contributed by atoms with Crippen molar-refractivity contribution in [3.05, 3.63) is 57.6 Å². The highest BCUT2D eigenvalue weighted by Gasteiger charge is 2.20. The first-order chi connectivity index (χ1) is 7.79. The van der Waals surface area contributed by atoms with Crippen molar-refractivity contribution in [3.63, 3.8) is 0 Å². The minimum Gasteiger partial charge on any atom is -0.192 e. The third-order valence-corrected chi connectivity index (χ3v) is 3.71. The van der Waals surface area contributed by atoms with Gasteiger partial charge in [0.2, 0.25) is 0 Å². The summed E-state index contributed by atoms with van der Waals surface area (Å²) < 4.78 is 1.04. The van der Waals surface area contributed by atoms with Crippen LogP contribution in [-0.4, -0.2) is 0 Å². The minimum absolute atomic E-state index is 0.710. The molecular weight excluding hydrogens is 262 g/mol. The molecule has 2 aromatic carbocycles. The normalized spacial score (nSPS) is 11.8. The number of nitriles is 1. The molecule has 2 aromatic rings. The molecule has 0 spiro atoms. The smallest absolute Gasteiger partial charge is 0.0992 e. The molecule has 0 bridgehead atoms. The number of hydrogen-bond donors (Lipinski definition) is 0. The number of rotatable bonds is 0. The molecule has 0 amide bonds. The van der Waals surface area contributed by atoms with Gasteiger partial charge in [-0.25, -0.2) is 0 Å². The SMILES string of the molecule is N#Cc1cc(Br)c2c(c1)-c1ccccc1C2. The Hall–Kier alpha value is -1.59. The lowest BCUT2D eigenvalue weighted by Crippen LogP contribution is -1.85. The zero-order valence-corrected chi connectivity index (χ0v) is 10.1. The van der Waals surface area contributed by atoms with Gasteiger partial charge >= 0.3 is 0 Å². The summed E-state index contributed by atoms with van der Waals surface area (Å²) in [6.07, 6.45) is 0.956. The second kappa shape index (κ2) is 3.47. The van der Waals surface area contributed by atoms with E-state index in [1.165, 1.54) is 22.3 Å². The molecule has 0 unspecified atom stereocenters. The summed E-state index contributed by atoms with van der Waals surface area (Å²) in [6, 6.07) is 14.4. The van der Waals surface area contributed by atoms with E-state index in [9.17, 15) is 0 Å². The Labute approximate surface area is 102 Å². The van der Waals surface area contributed by atoms with Gasteiger partial charge < -0.3 is 0 Å². The first-order valence-electron chi connectivity index (χ1n) is 5.10. The third-order valence-electron chi connectivity index (χ3n) is 3.00. The highest BCUT2D eigenvalue weighted by molar-refractivity contribution is 9.10. The summed E-state index contributed by atoms with van der Waals surface area (Å²) in [5.74, 6) is 0. The minimum atomic E-state index is 0.710. The summed E-state index contributed by atoms with van der Waals surface area (Å²) in [7, 11) is 0. The van der Waals surface area contributed by atoms with Crippen molar-refractivity contribution in [2.24, 2.45) is 0 Å². The Morgan fingerprint density at radius 3 is 2.75 bits per heavy atom. The van der Waals surface area contributed by atoms with Gasteiger partial charge in [-0.2, -0.15) is 5.26 Å². The molecule has 0 aliphatic heterocycles. The van der Waals surface area contributed by atoms with Crippen LogP contribution in [0.25, 0.3) is 11.1 Å². The van der Waals surface area contributed by atoms with Crippen molar-refractivity contribution in [1.82, 2.24) is 0 Å². The van der Waals surface area contributed by atoms with E-state index in [-0.39, 0.29) is 0 Å². The predicted molar refractivity (Wildman–Crippen MR) is 67.1 cm³/mol. The molecule has 0 radical (unpaired) electrons. The fourth-order valence-corrected chi connectivity index (χ4v) is 2.85. The number of fused-ring (bicyclic) bond motifs is 3. The Kier molecular flexibility index (Phi) is 2.08. The summed E-state index contributed by atoms with van der Waals surface area (Å²) in [4.78, 5) is 0. The molecule has 1 aliphatic carbocycles. The van der Waals surface area contributed by atoms with E-state index in [0.29, 0.717) is 5.56 Å². The van der Waals surface area contributed by atoms with Crippen LogP contribution in [0.1, 0.15) is 16.7 Å². The number of halogens is 1. The Bertz CT molecular complexity index is 623. The maximum atomic E-state index is 8.97. The average Bonchev–Trinajstić information content (AvgIpc) is 2.68. The average molecular weight is 270 g/mol. The van der Waals surface area contributed by atoms with E-state index in [4.69, 9.17) is 5.26 Å². The lowest BCUT2D eigenvalue weighted by atomic mass is 10.0. The number of hydrogen-bond acceptors (Lipinski definition) is 1. The second-order valence-corrected chi connectivity index (χ2v) is 4.78. The molecule has 3 rings (SSSR count). The predicted octanol–water partition coefficient (Wildman–Crippen LogP) is 3.89. The Balaban J connectivity index is 2.32. The van der Waals surface area contributed by atoms with Gasteiger partial charge in [0.15, 0.2) is 0 Å². The van der Waals surface area contributed by atoms with Crippen molar-refractivity contribution in [2.45, 2.75) is 6.42 Å². The Morgan fingerprint density at radius 2 is 1.94 bits per heavy atom. The van der Waals surface area contributed by atoms with Crippen LogP contribution in [0.2, 0.25) is 0 Å². The molecule has 0 heterocycles. The molecule has 2 heteroatoms. The largest absolute Gasteiger partial charge is 0.192 e. The maximum Gasteiger partial charge on any atom is 0.0992 e. The number of benzene rings is 2. The van der Waals surface area contributed by atoms with E-state index in [0.717, 1.165) is 10.9 Å². The van der Waals surface area contributed by atoms with Gasteiger partial charge in [0, 0.05) is 4.47 Å². The van der Waals surface area contributed by atoms with Crippen LogP contribution in [0.3, 0.4) is 0 Å². The first kappa shape index (κ1) is 9.62. The van der Waals surface area contributed by atoms with Gasteiger partial charge in [-0.1, -0.05) is 40.2 Å². The topological polar surface area (TPSA) is 23.8 Å². The lowest BCUT2D eigenvalue weighted by molar-refractivity contribution is 1.24. The molecule has 0 atom stereocenters. The summed E-state index contributed by atoms with van der Waals surface area (Å²) in [5.41, 5.74) is 5.80. The van der Waals surface area contributed by atoms with E-state index >= 15 is 0 Å². The molecule has 1 aliphatic rings. The van der Waals surface area contributed by atoms with Gasteiger partial charge in [-0.3, -0.25) is 0 Å². The van der Waals surface area contributed by atoms with Crippen LogP contribution in [0.15, 0.2) is 40.9 Å². The van der Waals surface area contributed by atoms with Crippen LogP contribution < -0.4 is 0 Å². The van der Waals surface area contributed by atoms with Gasteiger partial charge in [0.1, 0.15) is 0 Å².